The van der Waals surface area contributed by atoms with Gasteiger partial charge < -0.3 is 10.1 Å². The molecule has 1 fully saturated rings. The first-order chi connectivity index (χ1) is 17.4. The number of carbonyl (C=O) groups is 1. The Labute approximate surface area is 218 Å². The van der Waals surface area contributed by atoms with Gasteiger partial charge >= 0.3 is 0 Å². The highest BCUT2D eigenvalue weighted by Crippen LogP contribution is 2.42. The highest BCUT2D eigenvalue weighted by atomic mass is 35.5. The van der Waals surface area contributed by atoms with Crippen LogP contribution in [0, 0.1) is 0 Å². The molecule has 1 amide bonds. The van der Waals surface area contributed by atoms with Crippen LogP contribution in [-0.2, 0) is 10.2 Å². The Kier molecular flexibility index (Phi) is 6.69. The van der Waals surface area contributed by atoms with E-state index in [1.807, 2.05) is 30.3 Å². The average Bonchev–Trinajstić information content (AvgIpc) is 2.90. The second-order valence-corrected chi connectivity index (χ2v) is 9.94. The van der Waals surface area contributed by atoms with Crippen molar-refractivity contribution in [1.29, 1.82) is 0 Å². The van der Waals surface area contributed by atoms with Crippen LogP contribution in [0.2, 0.25) is 10.0 Å². The largest absolute Gasteiger partial charge is 0.457 e. The maximum absolute atomic E-state index is 13.8. The highest BCUT2D eigenvalue weighted by Gasteiger charge is 2.42. The predicted octanol–water partition coefficient (Wildman–Crippen LogP) is 6.89. The second kappa shape index (κ2) is 9.92. The van der Waals surface area contributed by atoms with E-state index in [9.17, 15) is 14.4 Å². The fourth-order valence-electron chi connectivity index (χ4n) is 4.97. The van der Waals surface area contributed by atoms with Gasteiger partial charge in [0.25, 0.3) is 5.43 Å². The van der Waals surface area contributed by atoms with Crippen LogP contribution in [0.3, 0.4) is 0 Å². The van der Waals surface area contributed by atoms with Crippen LogP contribution in [0.15, 0.2) is 82.4 Å². The standard InChI is InChI=1S/C29H23Cl2NO4/c30-19-11-9-18(10-12-19)29(15-5-2-6-16-29)28(35)32-25-24(26(33)27(25)34)22-14-13-20(31)17-23(22)36-21-7-3-1-4-8-21/h1,3-4,7-14,17H,2,5-6,15-16H2,(H,32,35). The zero-order valence-electron chi connectivity index (χ0n) is 19.4. The third-order valence-electron chi connectivity index (χ3n) is 6.87. The lowest BCUT2D eigenvalue weighted by Crippen LogP contribution is -2.46. The van der Waals surface area contributed by atoms with Gasteiger partial charge in [0.2, 0.25) is 11.3 Å². The molecular weight excluding hydrogens is 497 g/mol. The summed E-state index contributed by atoms with van der Waals surface area (Å²) in [6.45, 7) is 0. The summed E-state index contributed by atoms with van der Waals surface area (Å²) in [5.74, 6) is 0.577. The Balaban J connectivity index is 1.52. The van der Waals surface area contributed by atoms with Gasteiger partial charge in [-0.15, -0.1) is 0 Å². The summed E-state index contributed by atoms with van der Waals surface area (Å²) in [6.07, 6.45) is 4.12. The zero-order chi connectivity index (χ0) is 25.3. The van der Waals surface area contributed by atoms with Crippen LogP contribution in [0.25, 0.3) is 11.1 Å². The van der Waals surface area contributed by atoms with Crippen molar-refractivity contribution < 1.29 is 9.53 Å². The number of ether oxygens (including phenoxy) is 1. The molecular formula is C29H23Cl2NO4. The van der Waals surface area contributed by atoms with Crippen molar-refractivity contribution in [3.8, 4) is 22.6 Å². The van der Waals surface area contributed by atoms with Crippen molar-refractivity contribution in [3.63, 3.8) is 0 Å². The molecule has 0 atom stereocenters. The van der Waals surface area contributed by atoms with Gasteiger partial charge in [-0.3, -0.25) is 14.4 Å². The van der Waals surface area contributed by atoms with Gasteiger partial charge in [-0.25, -0.2) is 0 Å². The summed E-state index contributed by atoms with van der Waals surface area (Å²) in [5.41, 5.74) is -0.836. The van der Waals surface area contributed by atoms with Gasteiger partial charge in [0.05, 0.1) is 11.0 Å². The molecule has 4 aromatic rings. The SMILES string of the molecule is O=C(Nc1c(-c2ccc(Cl)cc2Oc2ccccc2)c(=O)c1=O)C1(c2ccc(Cl)cc2)CCCCC1. The number of rotatable bonds is 6. The molecule has 0 aromatic heterocycles. The summed E-state index contributed by atoms with van der Waals surface area (Å²) in [5, 5.41) is 3.82. The number of nitrogens with one attached hydrogen (secondary N) is 1. The molecule has 36 heavy (non-hydrogen) atoms. The van der Waals surface area contributed by atoms with Crippen LogP contribution in [0.4, 0.5) is 5.69 Å². The molecule has 0 saturated heterocycles. The smallest absolute Gasteiger partial charge is 0.250 e. The van der Waals surface area contributed by atoms with E-state index in [4.69, 9.17) is 27.9 Å². The first kappa shape index (κ1) is 24.3. The Morgan fingerprint density at radius 1 is 0.806 bits per heavy atom. The lowest BCUT2D eigenvalue weighted by Gasteiger charge is -2.36. The van der Waals surface area contributed by atoms with Gasteiger partial charge in [-0.2, -0.15) is 0 Å². The molecule has 0 bridgehead atoms. The summed E-state index contributed by atoms with van der Waals surface area (Å²) >= 11 is 12.3. The molecule has 0 aliphatic heterocycles. The minimum Gasteiger partial charge on any atom is -0.457 e. The fourth-order valence-corrected chi connectivity index (χ4v) is 5.26. The quantitative estimate of drug-likeness (QED) is 0.281. The monoisotopic (exact) mass is 519 g/mol. The van der Waals surface area contributed by atoms with E-state index in [1.165, 1.54) is 0 Å². The summed E-state index contributed by atoms with van der Waals surface area (Å²) in [4.78, 5) is 39.2. The molecule has 182 valence electrons. The molecule has 5 rings (SSSR count). The first-order valence-corrected chi connectivity index (χ1v) is 12.6. The maximum atomic E-state index is 13.8. The molecule has 1 aliphatic rings. The molecule has 0 unspecified atom stereocenters. The number of benzene rings is 3. The number of carbonyl (C=O) groups excluding carboxylic acids is 1. The van der Waals surface area contributed by atoms with Crippen molar-refractivity contribution in [2.24, 2.45) is 0 Å². The third kappa shape index (κ3) is 4.45. The van der Waals surface area contributed by atoms with Crippen molar-refractivity contribution >= 4 is 34.8 Å². The van der Waals surface area contributed by atoms with E-state index < -0.39 is 16.3 Å². The molecule has 4 aromatic carbocycles. The van der Waals surface area contributed by atoms with Crippen LogP contribution < -0.4 is 20.9 Å². The number of amides is 1. The van der Waals surface area contributed by atoms with Gasteiger partial charge in [-0.05, 0) is 54.8 Å². The Morgan fingerprint density at radius 2 is 1.47 bits per heavy atom. The normalized spacial score (nSPS) is 14.9. The molecule has 1 saturated carbocycles. The van der Waals surface area contributed by atoms with E-state index in [0.29, 0.717) is 39.9 Å². The minimum absolute atomic E-state index is 0.0100. The lowest BCUT2D eigenvalue weighted by molar-refractivity contribution is -0.122. The maximum Gasteiger partial charge on any atom is 0.250 e. The minimum atomic E-state index is -0.802. The van der Waals surface area contributed by atoms with Crippen molar-refractivity contribution in [2.75, 3.05) is 5.32 Å². The van der Waals surface area contributed by atoms with Gasteiger partial charge in [0, 0.05) is 21.7 Å². The Morgan fingerprint density at radius 3 is 2.17 bits per heavy atom. The summed E-state index contributed by atoms with van der Waals surface area (Å²) in [7, 11) is 0. The molecule has 0 radical (unpaired) electrons. The van der Waals surface area contributed by atoms with Crippen LogP contribution in [-0.4, -0.2) is 5.91 Å². The summed E-state index contributed by atoms with van der Waals surface area (Å²) < 4.78 is 5.99. The van der Waals surface area contributed by atoms with Crippen LogP contribution in [0.5, 0.6) is 11.5 Å². The van der Waals surface area contributed by atoms with Gasteiger partial charge in [0.1, 0.15) is 17.2 Å². The van der Waals surface area contributed by atoms with Crippen LogP contribution in [0.1, 0.15) is 37.7 Å². The first-order valence-electron chi connectivity index (χ1n) is 11.8. The van der Waals surface area contributed by atoms with Gasteiger partial charge in [0.15, 0.2) is 0 Å². The number of para-hydroxylation sites is 1. The Hall–Kier alpha value is -3.41. The molecule has 1 N–H and O–H groups in total. The topological polar surface area (TPSA) is 72.5 Å². The lowest BCUT2D eigenvalue weighted by atomic mass is 9.68. The van der Waals surface area contributed by atoms with E-state index in [1.54, 1.807) is 42.5 Å². The van der Waals surface area contributed by atoms with E-state index >= 15 is 0 Å². The zero-order valence-corrected chi connectivity index (χ0v) is 20.9. The predicted molar refractivity (Wildman–Crippen MR) is 143 cm³/mol. The van der Waals surface area contributed by atoms with Crippen molar-refractivity contribution in [2.45, 2.75) is 37.5 Å². The molecule has 7 heteroatoms. The fraction of sp³-hybridized carbons (Fsp3) is 0.207. The van der Waals surface area contributed by atoms with E-state index in [2.05, 4.69) is 5.32 Å². The van der Waals surface area contributed by atoms with Gasteiger partial charge in [-0.1, -0.05) is 72.8 Å². The number of hydrogen-bond acceptors (Lipinski definition) is 4. The Bertz CT molecular complexity index is 1480. The number of anilines is 1. The van der Waals surface area contributed by atoms with Crippen molar-refractivity contribution in [3.05, 3.63) is 109 Å². The van der Waals surface area contributed by atoms with E-state index in [-0.39, 0.29) is 17.2 Å². The van der Waals surface area contributed by atoms with Crippen molar-refractivity contribution in [1.82, 2.24) is 0 Å². The summed E-state index contributed by atoms with van der Waals surface area (Å²) in [6, 6.07) is 21.1. The average molecular weight is 520 g/mol. The second-order valence-electron chi connectivity index (χ2n) is 9.07. The third-order valence-corrected chi connectivity index (χ3v) is 7.36. The number of halogens is 2. The molecule has 0 heterocycles. The van der Waals surface area contributed by atoms with Crippen LogP contribution >= 0.6 is 23.2 Å². The highest BCUT2D eigenvalue weighted by molar-refractivity contribution is 6.31. The number of hydrogen-bond donors (Lipinski definition) is 1. The molecule has 0 spiro atoms. The molecule has 5 nitrogen and oxygen atoms in total. The molecule has 1 aliphatic carbocycles. The van der Waals surface area contributed by atoms with E-state index in [0.717, 1.165) is 24.8 Å².